The zero-order chi connectivity index (χ0) is 16.6. The van der Waals surface area contributed by atoms with Gasteiger partial charge < -0.3 is 5.32 Å². The Labute approximate surface area is 132 Å². The first-order valence-corrected chi connectivity index (χ1v) is 7.11. The van der Waals surface area contributed by atoms with Crippen LogP contribution >= 0.6 is 0 Å². The van der Waals surface area contributed by atoms with Crippen LogP contribution in [0, 0.1) is 17.0 Å². The van der Waals surface area contributed by atoms with Gasteiger partial charge in [0.05, 0.1) is 10.4 Å². The van der Waals surface area contributed by atoms with E-state index >= 15 is 0 Å². The molecule has 23 heavy (non-hydrogen) atoms. The third-order valence-corrected chi connectivity index (χ3v) is 3.74. The molecule has 6 nitrogen and oxygen atoms in total. The molecule has 0 spiro atoms. The maximum Gasteiger partial charge on any atom is 0.269 e. The lowest BCUT2D eigenvalue weighted by atomic mass is 10.2. The number of anilines is 1. The van der Waals surface area contributed by atoms with E-state index in [0.717, 1.165) is 22.2 Å². The smallest absolute Gasteiger partial charge is 0.269 e. The number of nitro benzene ring substituents is 1. The van der Waals surface area contributed by atoms with Gasteiger partial charge in [-0.1, -0.05) is 18.2 Å². The Morgan fingerprint density at radius 1 is 1.13 bits per heavy atom. The number of nitro groups is 1. The number of nitrogens with zero attached hydrogens (tertiary/aromatic N) is 2. The number of amides is 1. The first-order valence-electron chi connectivity index (χ1n) is 7.11. The van der Waals surface area contributed by atoms with E-state index in [1.54, 1.807) is 12.1 Å². The van der Waals surface area contributed by atoms with E-state index in [4.69, 9.17) is 0 Å². The molecule has 0 saturated carbocycles. The van der Waals surface area contributed by atoms with Gasteiger partial charge in [0.15, 0.2) is 0 Å². The molecule has 1 amide bonds. The molecule has 2 aromatic carbocycles. The van der Waals surface area contributed by atoms with E-state index in [0.29, 0.717) is 5.82 Å². The highest BCUT2D eigenvalue weighted by molar-refractivity contribution is 5.97. The van der Waals surface area contributed by atoms with Gasteiger partial charge in [-0.25, -0.2) is 0 Å². The molecule has 6 heteroatoms. The normalized spacial score (nSPS) is 10.7. The van der Waals surface area contributed by atoms with Crippen molar-refractivity contribution in [1.29, 1.82) is 0 Å². The number of non-ortho nitro benzene ring substituents is 1. The third kappa shape index (κ3) is 2.55. The average molecular weight is 309 g/mol. The molecule has 1 heterocycles. The van der Waals surface area contributed by atoms with Crippen LogP contribution in [-0.2, 0) is 4.79 Å². The first-order chi connectivity index (χ1) is 11.0. The minimum Gasteiger partial charge on any atom is -0.312 e. The predicted octanol–water partition coefficient (Wildman–Crippen LogP) is 3.81. The van der Waals surface area contributed by atoms with Crippen LogP contribution in [0.3, 0.4) is 0 Å². The number of nitrogens with one attached hydrogen (secondary N) is 1. The Hall–Kier alpha value is -3.15. The van der Waals surface area contributed by atoms with E-state index in [1.165, 1.54) is 19.1 Å². The van der Waals surface area contributed by atoms with Crippen LogP contribution < -0.4 is 5.32 Å². The quantitative estimate of drug-likeness (QED) is 0.590. The molecule has 0 aliphatic carbocycles. The number of aromatic nitrogens is 1. The summed E-state index contributed by atoms with van der Waals surface area (Å²) in [7, 11) is 0. The summed E-state index contributed by atoms with van der Waals surface area (Å²) < 4.78 is 1.90. The number of hydrogen-bond donors (Lipinski definition) is 1. The van der Waals surface area contributed by atoms with Crippen LogP contribution in [0.1, 0.15) is 12.5 Å². The summed E-state index contributed by atoms with van der Waals surface area (Å²) in [5.41, 5.74) is 2.67. The van der Waals surface area contributed by atoms with Crippen molar-refractivity contribution in [2.45, 2.75) is 13.8 Å². The largest absolute Gasteiger partial charge is 0.312 e. The molecule has 0 saturated heterocycles. The van der Waals surface area contributed by atoms with Crippen LogP contribution in [-0.4, -0.2) is 15.4 Å². The van der Waals surface area contributed by atoms with Crippen molar-refractivity contribution in [3.63, 3.8) is 0 Å². The Morgan fingerprint density at radius 2 is 1.78 bits per heavy atom. The van der Waals surface area contributed by atoms with E-state index < -0.39 is 4.92 Å². The minimum absolute atomic E-state index is 0.0306. The number of benzene rings is 2. The maximum atomic E-state index is 11.6. The van der Waals surface area contributed by atoms with Crippen molar-refractivity contribution in [2.75, 3.05) is 5.32 Å². The average Bonchev–Trinajstić information content (AvgIpc) is 2.80. The van der Waals surface area contributed by atoms with Crippen molar-refractivity contribution >= 4 is 28.3 Å². The van der Waals surface area contributed by atoms with Gasteiger partial charge in [0, 0.05) is 30.1 Å². The van der Waals surface area contributed by atoms with Crippen molar-refractivity contribution in [1.82, 2.24) is 4.57 Å². The zero-order valence-electron chi connectivity index (χ0n) is 12.7. The van der Waals surface area contributed by atoms with Gasteiger partial charge >= 0.3 is 0 Å². The van der Waals surface area contributed by atoms with E-state index in [2.05, 4.69) is 5.32 Å². The number of carbonyl (C=O) groups is 1. The fraction of sp³-hybridized carbons (Fsp3) is 0.118. The number of carbonyl (C=O) groups excluding carboxylic acids is 1. The minimum atomic E-state index is -0.433. The van der Waals surface area contributed by atoms with Crippen LogP contribution in [0.15, 0.2) is 48.5 Å². The number of rotatable bonds is 3. The molecular formula is C17H15N3O3. The molecule has 3 aromatic rings. The van der Waals surface area contributed by atoms with Gasteiger partial charge in [-0.15, -0.1) is 0 Å². The molecule has 3 rings (SSSR count). The second kappa shape index (κ2) is 5.57. The number of aryl methyl sites for hydroxylation is 1. The highest BCUT2D eigenvalue weighted by Crippen LogP contribution is 2.33. The topological polar surface area (TPSA) is 77.2 Å². The number of hydrogen-bond acceptors (Lipinski definition) is 3. The van der Waals surface area contributed by atoms with Gasteiger partial charge in [0.1, 0.15) is 5.82 Å². The summed E-state index contributed by atoms with van der Waals surface area (Å²) in [6.45, 7) is 3.40. The molecule has 1 N–H and O–H groups in total. The maximum absolute atomic E-state index is 11.6. The van der Waals surface area contributed by atoms with Crippen molar-refractivity contribution in [2.24, 2.45) is 0 Å². The summed E-state index contributed by atoms with van der Waals surface area (Å²) in [5, 5.41) is 14.7. The Balaban J connectivity index is 2.26. The monoisotopic (exact) mass is 309 g/mol. The van der Waals surface area contributed by atoms with E-state index in [9.17, 15) is 14.9 Å². The Bertz CT molecular complexity index is 911. The molecule has 0 unspecified atom stereocenters. The number of fused-ring (bicyclic) bond motifs is 1. The fourth-order valence-corrected chi connectivity index (χ4v) is 2.71. The molecule has 0 fully saturated rings. The van der Waals surface area contributed by atoms with Crippen LogP contribution in [0.2, 0.25) is 0 Å². The molecule has 116 valence electrons. The van der Waals surface area contributed by atoms with Crippen molar-refractivity contribution < 1.29 is 9.72 Å². The molecule has 0 aliphatic rings. The summed E-state index contributed by atoms with van der Waals surface area (Å²) in [5.74, 6) is 0.506. The first kappa shape index (κ1) is 14.8. The van der Waals surface area contributed by atoms with Gasteiger partial charge in [0.2, 0.25) is 5.91 Å². The molecule has 0 radical (unpaired) electrons. The number of para-hydroxylation sites is 1. The Morgan fingerprint density at radius 3 is 2.39 bits per heavy atom. The fourth-order valence-electron chi connectivity index (χ4n) is 2.71. The SMILES string of the molecule is CC(=O)Nc1c(C)c2ccccc2n1-c1ccc([N+](=O)[O-])cc1. The standard InChI is InChI=1S/C17H15N3O3/c1-11-15-5-3-4-6-16(15)19(17(11)18-12(2)21)13-7-9-14(10-8-13)20(22)23/h3-10H,1-2H3,(H,18,21). The van der Waals surface area contributed by atoms with Crippen LogP contribution in [0.4, 0.5) is 11.5 Å². The molecule has 1 aromatic heterocycles. The van der Waals surface area contributed by atoms with Gasteiger partial charge in [0.25, 0.3) is 5.69 Å². The van der Waals surface area contributed by atoms with Crippen molar-refractivity contribution in [3.8, 4) is 5.69 Å². The van der Waals surface area contributed by atoms with Crippen LogP contribution in [0.25, 0.3) is 16.6 Å². The van der Waals surface area contributed by atoms with Gasteiger partial charge in [-0.2, -0.15) is 0 Å². The summed E-state index contributed by atoms with van der Waals surface area (Å²) in [6.07, 6.45) is 0. The zero-order valence-corrected chi connectivity index (χ0v) is 12.7. The summed E-state index contributed by atoms with van der Waals surface area (Å²) in [4.78, 5) is 21.9. The third-order valence-electron chi connectivity index (χ3n) is 3.74. The molecule has 0 bridgehead atoms. The Kier molecular flexibility index (Phi) is 3.57. The second-order valence-corrected chi connectivity index (χ2v) is 5.28. The lowest BCUT2D eigenvalue weighted by Gasteiger charge is -2.11. The summed E-state index contributed by atoms with van der Waals surface area (Å²) in [6, 6.07) is 14.1. The van der Waals surface area contributed by atoms with Crippen LogP contribution in [0.5, 0.6) is 0 Å². The second-order valence-electron chi connectivity index (χ2n) is 5.28. The molecule has 0 aliphatic heterocycles. The molecule has 0 atom stereocenters. The van der Waals surface area contributed by atoms with E-state index in [-0.39, 0.29) is 11.6 Å². The van der Waals surface area contributed by atoms with Gasteiger partial charge in [-0.3, -0.25) is 19.5 Å². The predicted molar refractivity (Wildman–Crippen MR) is 89.0 cm³/mol. The van der Waals surface area contributed by atoms with Gasteiger partial charge in [-0.05, 0) is 30.7 Å². The lowest BCUT2D eigenvalue weighted by Crippen LogP contribution is -2.11. The van der Waals surface area contributed by atoms with Crippen molar-refractivity contribution in [3.05, 3.63) is 64.2 Å². The molecular weight excluding hydrogens is 294 g/mol. The summed E-state index contributed by atoms with van der Waals surface area (Å²) >= 11 is 0. The highest BCUT2D eigenvalue weighted by Gasteiger charge is 2.16. The van der Waals surface area contributed by atoms with E-state index in [1.807, 2.05) is 35.8 Å². The lowest BCUT2D eigenvalue weighted by molar-refractivity contribution is -0.384. The highest BCUT2D eigenvalue weighted by atomic mass is 16.6.